The molecule has 0 aliphatic rings. The van der Waals surface area contributed by atoms with Gasteiger partial charge in [-0.1, -0.05) is 0 Å². The van der Waals surface area contributed by atoms with E-state index in [0.717, 1.165) is 5.56 Å². The maximum absolute atomic E-state index is 12.1. The zero-order valence-electron chi connectivity index (χ0n) is 9.89. The van der Waals surface area contributed by atoms with Gasteiger partial charge in [-0.15, -0.1) is 0 Å². The number of nitrogens with zero attached hydrogens (tertiary/aromatic N) is 1. The number of amides is 1. The molecule has 1 amide bonds. The van der Waals surface area contributed by atoms with Gasteiger partial charge in [0.05, 0.1) is 13.2 Å². The van der Waals surface area contributed by atoms with E-state index >= 15 is 0 Å². The first-order chi connectivity index (χ1) is 8.10. The number of anilines is 1. The highest BCUT2D eigenvalue weighted by Crippen LogP contribution is 2.14. The third-order valence-electron chi connectivity index (χ3n) is 2.54. The maximum Gasteiger partial charge on any atom is 0.254 e. The molecule has 0 atom stereocenters. The molecule has 1 rings (SSSR count). The van der Waals surface area contributed by atoms with Crippen molar-refractivity contribution >= 4 is 11.6 Å². The minimum atomic E-state index is -0.212. The lowest BCUT2D eigenvalue weighted by molar-refractivity contribution is 0.0685. The average molecular weight is 238 g/mol. The summed E-state index contributed by atoms with van der Waals surface area (Å²) in [5.74, 6) is -0.212. The molecule has 5 nitrogen and oxygen atoms in total. The molecule has 0 unspecified atom stereocenters. The van der Waals surface area contributed by atoms with E-state index in [9.17, 15) is 4.79 Å². The summed E-state index contributed by atoms with van der Waals surface area (Å²) in [4.78, 5) is 13.5. The number of aliphatic hydroxyl groups excluding tert-OH is 2. The number of hydrogen-bond donors (Lipinski definition) is 3. The second-order valence-corrected chi connectivity index (χ2v) is 3.81. The van der Waals surface area contributed by atoms with Crippen LogP contribution in [0.4, 0.5) is 5.69 Å². The summed E-state index contributed by atoms with van der Waals surface area (Å²) >= 11 is 0. The minimum absolute atomic E-state index is 0.125. The number of aliphatic hydroxyl groups is 2. The minimum Gasteiger partial charge on any atom is -0.399 e. The molecule has 0 aliphatic carbocycles. The first-order valence-electron chi connectivity index (χ1n) is 5.47. The highest BCUT2D eigenvalue weighted by molar-refractivity contribution is 5.94. The fraction of sp³-hybridized carbons (Fsp3) is 0.417. The van der Waals surface area contributed by atoms with Gasteiger partial charge in [0, 0.05) is 24.3 Å². The molecule has 0 bridgehead atoms. The van der Waals surface area contributed by atoms with Gasteiger partial charge >= 0.3 is 0 Å². The molecule has 1 aromatic carbocycles. The first-order valence-corrected chi connectivity index (χ1v) is 5.47. The molecule has 0 saturated carbocycles. The van der Waals surface area contributed by atoms with Crippen molar-refractivity contribution in [2.24, 2.45) is 0 Å². The Hall–Kier alpha value is -1.59. The number of carbonyl (C=O) groups is 1. The zero-order valence-corrected chi connectivity index (χ0v) is 9.89. The number of carbonyl (C=O) groups excluding carboxylic acids is 1. The Bertz CT molecular complexity index is 387. The molecule has 0 fully saturated rings. The number of rotatable bonds is 5. The van der Waals surface area contributed by atoms with Crippen LogP contribution in [-0.4, -0.2) is 47.3 Å². The summed E-state index contributed by atoms with van der Waals surface area (Å²) in [6.07, 6.45) is 0. The lowest BCUT2D eigenvalue weighted by Gasteiger charge is -2.21. The fourth-order valence-corrected chi connectivity index (χ4v) is 1.55. The highest BCUT2D eigenvalue weighted by Gasteiger charge is 2.15. The Morgan fingerprint density at radius 2 is 1.88 bits per heavy atom. The summed E-state index contributed by atoms with van der Waals surface area (Å²) in [5, 5.41) is 17.7. The van der Waals surface area contributed by atoms with Gasteiger partial charge in [-0.25, -0.2) is 0 Å². The first kappa shape index (κ1) is 13.5. The predicted molar refractivity (Wildman–Crippen MR) is 65.7 cm³/mol. The van der Waals surface area contributed by atoms with E-state index in [-0.39, 0.29) is 32.2 Å². The molecular formula is C12H18N2O3. The van der Waals surface area contributed by atoms with Gasteiger partial charge in [0.1, 0.15) is 0 Å². The third-order valence-corrected chi connectivity index (χ3v) is 2.54. The predicted octanol–water partition coefficient (Wildman–Crippen LogP) is 0.00402. The van der Waals surface area contributed by atoms with Gasteiger partial charge < -0.3 is 20.8 Å². The molecule has 1 aromatic rings. The Labute approximate surface area is 100 Å². The van der Waals surface area contributed by atoms with Crippen LogP contribution in [0.25, 0.3) is 0 Å². The Balaban J connectivity index is 2.88. The molecule has 17 heavy (non-hydrogen) atoms. The zero-order chi connectivity index (χ0) is 12.8. The van der Waals surface area contributed by atoms with Crippen LogP contribution in [0, 0.1) is 6.92 Å². The van der Waals surface area contributed by atoms with E-state index in [0.29, 0.717) is 11.3 Å². The van der Waals surface area contributed by atoms with E-state index in [1.54, 1.807) is 18.2 Å². The van der Waals surface area contributed by atoms with Crippen molar-refractivity contribution in [1.82, 2.24) is 4.90 Å². The van der Waals surface area contributed by atoms with Crippen LogP contribution in [0.1, 0.15) is 15.9 Å². The molecule has 94 valence electrons. The molecule has 0 radical (unpaired) electrons. The van der Waals surface area contributed by atoms with Gasteiger partial charge in [0.25, 0.3) is 5.91 Å². The van der Waals surface area contributed by atoms with Crippen molar-refractivity contribution < 1.29 is 15.0 Å². The van der Waals surface area contributed by atoms with Crippen molar-refractivity contribution in [1.29, 1.82) is 0 Å². The van der Waals surface area contributed by atoms with E-state index < -0.39 is 0 Å². The number of aryl methyl sites for hydroxylation is 1. The van der Waals surface area contributed by atoms with Crippen molar-refractivity contribution in [2.75, 3.05) is 32.0 Å². The van der Waals surface area contributed by atoms with E-state index in [1.807, 2.05) is 6.92 Å². The monoisotopic (exact) mass is 238 g/mol. The Morgan fingerprint density at radius 1 is 1.29 bits per heavy atom. The highest BCUT2D eigenvalue weighted by atomic mass is 16.3. The van der Waals surface area contributed by atoms with Gasteiger partial charge in [-0.05, 0) is 30.7 Å². The van der Waals surface area contributed by atoms with Crippen molar-refractivity contribution in [3.63, 3.8) is 0 Å². The third kappa shape index (κ3) is 3.44. The summed E-state index contributed by atoms with van der Waals surface area (Å²) in [7, 11) is 0. The van der Waals surface area contributed by atoms with E-state index in [1.165, 1.54) is 4.90 Å². The molecule has 0 aromatic heterocycles. The Kier molecular flexibility index (Phi) is 4.93. The number of benzene rings is 1. The van der Waals surface area contributed by atoms with Gasteiger partial charge in [-0.3, -0.25) is 4.79 Å². The number of nitrogens with two attached hydrogens (primary N) is 1. The summed E-state index contributed by atoms with van der Waals surface area (Å²) in [6, 6.07) is 5.03. The van der Waals surface area contributed by atoms with Crippen LogP contribution in [0.5, 0.6) is 0 Å². The van der Waals surface area contributed by atoms with Crippen molar-refractivity contribution in [3.8, 4) is 0 Å². The van der Waals surface area contributed by atoms with Crippen LogP contribution < -0.4 is 5.73 Å². The van der Waals surface area contributed by atoms with Crippen molar-refractivity contribution in [2.45, 2.75) is 6.92 Å². The normalized spacial score (nSPS) is 10.3. The largest absolute Gasteiger partial charge is 0.399 e. The summed E-state index contributed by atoms with van der Waals surface area (Å²) in [6.45, 7) is 2.00. The van der Waals surface area contributed by atoms with Crippen LogP contribution in [0.15, 0.2) is 18.2 Å². The van der Waals surface area contributed by atoms with E-state index in [2.05, 4.69) is 0 Å². The molecule has 0 heterocycles. The average Bonchev–Trinajstić information content (AvgIpc) is 2.31. The topological polar surface area (TPSA) is 86.8 Å². The number of hydrogen-bond acceptors (Lipinski definition) is 4. The van der Waals surface area contributed by atoms with Crippen LogP contribution in [-0.2, 0) is 0 Å². The fourth-order valence-electron chi connectivity index (χ4n) is 1.55. The summed E-state index contributed by atoms with van der Waals surface area (Å²) < 4.78 is 0. The van der Waals surface area contributed by atoms with Gasteiger partial charge in [0.15, 0.2) is 0 Å². The summed E-state index contributed by atoms with van der Waals surface area (Å²) in [5.41, 5.74) is 7.66. The Morgan fingerprint density at radius 3 is 2.35 bits per heavy atom. The smallest absolute Gasteiger partial charge is 0.254 e. The lowest BCUT2D eigenvalue weighted by atomic mass is 10.1. The maximum atomic E-state index is 12.1. The van der Waals surface area contributed by atoms with Gasteiger partial charge in [0.2, 0.25) is 0 Å². The molecule has 0 saturated heterocycles. The lowest BCUT2D eigenvalue weighted by Crippen LogP contribution is -2.35. The molecule has 5 heteroatoms. The van der Waals surface area contributed by atoms with E-state index in [4.69, 9.17) is 15.9 Å². The molecule has 0 aliphatic heterocycles. The second-order valence-electron chi connectivity index (χ2n) is 3.81. The second kappa shape index (κ2) is 6.22. The SMILES string of the molecule is Cc1cc(C(=O)N(CCO)CCO)ccc1N. The van der Waals surface area contributed by atoms with Crippen LogP contribution in [0.3, 0.4) is 0 Å². The van der Waals surface area contributed by atoms with Crippen molar-refractivity contribution in [3.05, 3.63) is 29.3 Å². The molecular weight excluding hydrogens is 220 g/mol. The standard InChI is InChI=1S/C12H18N2O3/c1-9-8-10(2-3-11(9)13)12(17)14(4-6-15)5-7-16/h2-3,8,15-16H,4-7,13H2,1H3. The van der Waals surface area contributed by atoms with Crippen LogP contribution in [0.2, 0.25) is 0 Å². The molecule has 0 spiro atoms. The molecule has 4 N–H and O–H groups in total. The number of nitrogen functional groups attached to an aromatic ring is 1. The van der Waals surface area contributed by atoms with Crippen LogP contribution >= 0.6 is 0 Å². The quantitative estimate of drug-likeness (QED) is 0.630. The van der Waals surface area contributed by atoms with Gasteiger partial charge in [-0.2, -0.15) is 0 Å².